The maximum atomic E-state index is 2.66. The summed E-state index contributed by atoms with van der Waals surface area (Å²) in [5.41, 5.74) is 20.3. The van der Waals surface area contributed by atoms with Gasteiger partial charge in [0.25, 0.3) is 0 Å². The average Bonchev–Trinajstić information content (AvgIpc) is 3.87. The fraction of sp³-hybridized carbons (Fsp3) is 0.130. The first-order valence-corrected chi connectivity index (χ1v) is 25.4. The van der Waals surface area contributed by atoms with E-state index >= 15 is 0 Å². The van der Waals surface area contributed by atoms with Crippen molar-refractivity contribution in [2.24, 2.45) is 11.8 Å². The van der Waals surface area contributed by atoms with Gasteiger partial charge in [0.05, 0.1) is 17.1 Å². The Morgan fingerprint density at radius 3 is 1.96 bits per heavy atom. The number of allylic oxidation sites excluding steroid dienone is 5. The number of fused-ring (bicyclic) bond motifs is 7. The van der Waals surface area contributed by atoms with Crippen LogP contribution in [0.25, 0.3) is 77.2 Å². The number of hydrogen-bond donors (Lipinski definition) is 0. The van der Waals surface area contributed by atoms with E-state index < -0.39 is 0 Å². The number of aromatic nitrogens is 1. The molecule has 1 heterocycles. The lowest BCUT2D eigenvalue weighted by Gasteiger charge is -2.40. The van der Waals surface area contributed by atoms with Gasteiger partial charge in [0.15, 0.2) is 0 Å². The molecule has 342 valence electrons. The van der Waals surface area contributed by atoms with E-state index in [2.05, 4.69) is 280 Å². The minimum absolute atomic E-state index is 0.0369. The van der Waals surface area contributed by atoms with Crippen molar-refractivity contribution < 1.29 is 0 Å². The van der Waals surface area contributed by atoms with Gasteiger partial charge >= 0.3 is 0 Å². The van der Waals surface area contributed by atoms with Crippen molar-refractivity contribution >= 4 is 43.8 Å². The maximum absolute atomic E-state index is 2.66. The molecule has 2 heteroatoms. The molecule has 1 aromatic heterocycles. The van der Waals surface area contributed by atoms with E-state index in [1.54, 1.807) is 0 Å². The summed E-state index contributed by atoms with van der Waals surface area (Å²) in [4.78, 5) is 2.66. The second-order valence-corrected chi connectivity index (χ2v) is 20.5. The Kier molecular flexibility index (Phi) is 10.3. The highest BCUT2D eigenvalue weighted by Crippen LogP contribution is 2.50. The van der Waals surface area contributed by atoms with Crippen molar-refractivity contribution in [1.29, 1.82) is 0 Å². The molecule has 2 nitrogen and oxygen atoms in total. The molecule has 3 aliphatic rings. The summed E-state index contributed by atoms with van der Waals surface area (Å²) in [6.45, 7) is 9.53. The number of nitrogens with zero attached hydrogens (tertiary/aromatic N) is 2. The lowest BCUT2D eigenvalue weighted by atomic mass is 9.80. The molecule has 10 aromatic rings. The highest BCUT2D eigenvalue weighted by Gasteiger charge is 2.36. The van der Waals surface area contributed by atoms with Crippen molar-refractivity contribution in [3.63, 3.8) is 0 Å². The fourth-order valence-electron chi connectivity index (χ4n) is 12.4. The molecule has 71 heavy (non-hydrogen) atoms. The van der Waals surface area contributed by atoms with E-state index in [1.807, 2.05) is 0 Å². The Balaban J connectivity index is 0.956. The second-order valence-electron chi connectivity index (χ2n) is 20.5. The van der Waals surface area contributed by atoms with Crippen molar-refractivity contribution in [3.8, 4) is 39.1 Å². The summed E-state index contributed by atoms with van der Waals surface area (Å²) in [7, 11) is 0. The maximum Gasteiger partial charge on any atom is 0.0585 e. The molecule has 0 aliphatic heterocycles. The van der Waals surface area contributed by atoms with Gasteiger partial charge < -0.3 is 9.47 Å². The van der Waals surface area contributed by atoms with Gasteiger partial charge in [0, 0.05) is 44.7 Å². The van der Waals surface area contributed by atoms with Gasteiger partial charge in [-0.05, 0) is 127 Å². The van der Waals surface area contributed by atoms with Crippen LogP contribution in [0.5, 0.6) is 0 Å². The average molecular weight is 913 g/mol. The molecule has 0 saturated heterocycles. The minimum Gasteiger partial charge on any atom is -0.334 e. The van der Waals surface area contributed by atoms with Crippen LogP contribution in [-0.4, -0.2) is 10.6 Å². The zero-order valence-corrected chi connectivity index (χ0v) is 40.8. The van der Waals surface area contributed by atoms with E-state index in [9.17, 15) is 0 Å². The molecule has 13 rings (SSSR count). The van der Waals surface area contributed by atoms with E-state index in [0.29, 0.717) is 5.92 Å². The molecule has 4 unspecified atom stereocenters. The zero-order chi connectivity index (χ0) is 47.8. The van der Waals surface area contributed by atoms with Gasteiger partial charge in [-0.3, -0.25) is 0 Å². The summed E-state index contributed by atoms with van der Waals surface area (Å²) in [6.07, 6.45) is 14.8. The number of hydrogen-bond acceptors (Lipinski definition) is 1. The third-order valence-electron chi connectivity index (χ3n) is 16.0. The fourth-order valence-corrected chi connectivity index (χ4v) is 12.4. The number of para-hydroxylation sites is 3. The zero-order valence-electron chi connectivity index (χ0n) is 40.8. The molecule has 9 aromatic carbocycles. The van der Waals surface area contributed by atoms with Crippen LogP contribution in [0.1, 0.15) is 55.9 Å². The second kappa shape index (κ2) is 17.0. The first-order valence-electron chi connectivity index (χ1n) is 25.4. The van der Waals surface area contributed by atoms with Gasteiger partial charge in [-0.1, -0.05) is 222 Å². The number of anilines is 1. The van der Waals surface area contributed by atoms with E-state index in [1.165, 1.54) is 111 Å². The van der Waals surface area contributed by atoms with Gasteiger partial charge in [0.2, 0.25) is 0 Å². The molecule has 3 aliphatic carbocycles. The first-order chi connectivity index (χ1) is 34.8. The molecule has 0 spiro atoms. The standard InChI is InChI=1S/C69H56N2/c1-45-33-37-53(44-60(45)51-36-40-67-61(42-51)58-27-13-16-32-66(58)70(67)52-23-9-6-10-24-52)71(64-39-35-49(41-46(64)2)50-34-38-56-55-25-11-14-30-62(55)69(3,4)63(56)43-50)65-31-15-12-26-57(65)59-29-18-22-48-21-17-28-54(68(48)59)47-19-7-5-8-20-47/h5-46,60,64H,1-4H3. The number of rotatable bonds is 8. The molecule has 0 saturated carbocycles. The monoisotopic (exact) mass is 912 g/mol. The molecule has 0 N–H and O–H groups in total. The van der Waals surface area contributed by atoms with E-state index in [-0.39, 0.29) is 23.3 Å². The smallest absolute Gasteiger partial charge is 0.0585 e. The molecule has 0 radical (unpaired) electrons. The Hall–Kier alpha value is -8.20. The van der Waals surface area contributed by atoms with Crippen LogP contribution >= 0.6 is 0 Å². The van der Waals surface area contributed by atoms with Crippen molar-refractivity contribution in [1.82, 2.24) is 4.57 Å². The summed E-state index contributed by atoms with van der Waals surface area (Å²) in [5, 5.41) is 5.06. The van der Waals surface area contributed by atoms with E-state index in [4.69, 9.17) is 0 Å². The van der Waals surface area contributed by atoms with Gasteiger partial charge in [-0.2, -0.15) is 0 Å². The highest BCUT2D eigenvalue weighted by molar-refractivity contribution is 6.10. The van der Waals surface area contributed by atoms with Gasteiger partial charge in [-0.15, -0.1) is 0 Å². The van der Waals surface area contributed by atoms with Crippen LogP contribution in [0.3, 0.4) is 0 Å². The van der Waals surface area contributed by atoms with Crippen LogP contribution in [0.15, 0.2) is 248 Å². The van der Waals surface area contributed by atoms with Crippen molar-refractivity contribution in [2.45, 2.75) is 45.1 Å². The first kappa shape index (κ1) is 42.9. The topological polar surface area (TPSA) is 8.17 Å². The summed E-state index contributed by atoms with van der Waals surface area (Å²) in [6, 6.07) is 76.5. The third kappa shape index (κ3) is 7.07. The van der Waals surface area contributed by atoms with Gasteiger partial charge in [0.1, 0.15) is 0 Å². The number of benzene rings is 9. The molecular weight excluding hydrogens is 857 g/mol. The van der Waals surface area contributed by atoms with Crippen molar-refractivity contribution in [3.05, 3.63) is 271 Å². The molecule has 0 bridgehead atoms. The predicted molar refractivity (Wildman–Crippen MR) is 301 cm³/mol. The van der Waals surface area contributed by atoms with Crippen LogP contribution in [0, 0.1) is 11.8 Å². The SMILES string of the molecule is CC1C=CC(N(c2ccccc2-c2cccc3cccc(-c4ccccc4)c23)C2C=CC(c3ccc4c(c3)C(C)(C)c3ccccc3-4)=CC2C)=CC1c1ccc2c(c1)c1ccccc1n2-c1ccccc1. The highest BCUT2D eigenvalue weighted by atomic mass is 15.2. The Labute approximate surface area is 417 Å². The van der Waals surface area contributed by atoms with Crippen LogP contribution in [0.2, 0.25) is 0 Å². The predicted octanol–water partition coefficient (Wildman–Crippen LogP) is 17.9. The summed E-state index contributed by atoms with van der Waals surface area (Å²) < 4.78 is 2.41. The summed E-state index contributed by atoms with van der Waals surface area (Å²) >= 11 is 0. The lowest BCUT2D eigenvalue weighted by Crippen LogP contribution is -2.39. The molecule has 0 amide bonds. The Morgan fingerprint density at radius 1 is 0.465 bits per heavy atom. The molecular formula is C69H56N2. The minimum atomic E-state index is -0.0610. The normalized spacial score (nSPS) is 18.9. The Morgan fingerprint density at radius 2 is 1.14 bits per heavy atom. The largest absolute Gasteiger partial charge is 0.334 e. The van der Waals surface area contributed by atoms with Crippen LogP contribution in [0.4, 0.5) is 5.69 Å². The van der Waals surface area contributed by atoms with Gasteiger partial charge in [-0.25, -0.2) is 0 Å². The van der Waals surface area contributed by atoms with E-state index in [0.717, 1.165) is 0 Å². The molecule has 4 atom stereocenters. The summed E-state index contributed by atoms with van der Waals surface area (Å²) in [5.74, 6) is 0.632. The van der Waals surface area contributed by atoms with Crippen LogP contribution in [-0.2, 0) is 5.41 Å². The van der Waals surface area contributed by atoms with Crippen molar-refractivity contribution in [2.75, 3.05) is 4.90 Å². The molecule has 0 fully saturated rings. The lowest BCUT2D eigenvalue weighted by molar-refractivity contribution is 0.584. The quantitative estimate of drug-likeness (QED) is 0.147. The Bertz CT molecular complexity index is 3840. The third-order valence-corrected chi connectivity index (χ3v) is 16.0. The van der Waals surface area contributed by atoms with Crippen LogP contribution < -0.4 is 4.90 Å².